The van der Waals surface area contributed by atoms with Crippen LogP contribution in [0.2, 0.25) is 0 Å². The number of carbonyl (C=O) groups is 2. The molecule has 0 aliphatic carbocycles. The molecule has 0 amide bonds. The van der Waals surface area contributed by atoms with E-state index < -0.39 is 11.6 Å². The fourth-order valence-corrected chi connectivity index (χ4v) is 1.39. The Labute approximate surface area is 107 Å². The number of hydrogen-bond acceptors (Lipinski definition) is 4. The van der Waals surface area contributed by atoms with Gasteiger partial charge in [-0.25, -0.2) is 4.79 Å². The molecule has 98 valence electrons. The highest BCUT2D eigenvalue weighted by atomic mass is 16.6. The lowest BCUT2D eigenvalue weighted by Crippen LogP contribution is -2.27. The van der Waals surface area contributed by atoms with Crippen molar-refractivity contribution in [3.63, 3.8) is 0 Å². The Balaban J connectivity index is 2.64. The molecule has 0 N–H and O–H groups in total. The zero-order valence-corrected chi connectivity index (χ0v) is 11.1. The van der Waals surface area contributed by atoms with E-state index in [-0.39, 0.29) is 12.4 Å². The second-order valence-corrected chi connectivity index (χ2v) is 4.93. The highest BCUT2D eigenvalue weighted by Gasteiger charge is 2.17. The summed E-state index contributed by atoms with van der Waals surface area (Å²) in [5, 5.41) is 0. The molecule has 0 fully saturated rings. The second-order valence-electron chi connectivity index (χ2n) is 4.93. The molecule has 0 aliphatic heterocycles. The van der Waals surface area contributed by atoms with E-state index in [4.69, 9.17) is 9.47 Å². The summed E-state index contributed by atoms with van der Waals surface area (Å²) >= 11 is 0. The van der Waals surface area contributed by atoms with E-state index in [0.29, 0.717) is 11.3 Å². The SMILES string of the molecule is CC(=O)c1ccccc1OCC(=O)OC(C)(C)C. The van der Waals surface area contributed by atoms with Crippen molar-refractivity contribution in [1.29, 1.82) is 0 Å². The molecule has 1 rings (SSSR count). The first-order valence-electron chi connectivity index (χ1n) is 5.74. The largest absolute Gasteiger partial charge is 0.481 e. The first-order valence-corrected chi connectivity index (χ1v) is 5.74. The van der Waals surface area contributed by atoms with Gasteiger partial charge < -0.3 is 9.47 Å². The maximum atomic E-state index is 11.5. The number of carbonyl (C=O) groups excluding carboxylic acids is 2. The number of ether oxygens (including phenoxy) is 2. The Kier molecular flexibility index (Phi) is 4.48. The lowest BCUT2D eigenvalue weighted by atomic mass is 10.1. The Morgan fingerprint density at radius 1 is 1.17 bits per heavy atom. The highest BCUT2D eigenvalue weighted by molar-refractivity contribution is 5.96. The van der Waals surface area contributed by atoms with Gasteiger partial charge in [0.25, 0.3) is 0 Å². The number of ketones is 1. The van der Waals surface area contributed by atoms with Crippen LogP contribution in [0.15, 0.2) is 24.3 Å². The van der Waals surface area contributed by atoms with Gasteiger partial charge >= 0.3 is 5.97 Å². The van der Waals surface area contributed by atoms with Gasteiger partial charge in [-0.1, -0.05) is 12.1 Å². The van der Waals surface area contributed by atoms with E-state index >= 15 is 0 Å². The molecule has 4 nitrogen and oxygen atoms in total. The Morgan fingerprint density at radius 2 is 1.78 bits per heavy atom. The van der Waals surface area contributed by atoms with Crippen LogP contribution in [-0.4, -0.2) is 24.0 Å². The van der Waals surface area contributed by atoms with E-state index in [1.165, 1.54) is 6.92 Å². The number of para-hydroxylation sites is 1. The summed E-state index contributed by atoms with van der Waals surface area (Å²) in [5.41, 5.74) is -0.0818. The van der Waals surface area contributed by atoms with Gasteiger partial charge in [0, 0.05) is 0 Å². The molecule has 0 unspecified atom stereocenters. The lowest BCUT2D eigenvalue weighted by molar-refractivity contribution is -0.157. The minimum atomic E-state index is -0.541. The fraction of sp³-hybridized carbons (Fsp3) is 0.429. The number of hydrogen-bond donors (Lipinski definition) is 0. The molecular weight excluding hydrogens is 232 g/mol. The molecule has 0 heterocycles. The monoisotopic (exact) mass is 250 g/mol. The molecule has 18 heavy (non-hydrogen) atoms. The first-order chi connectivity index (χ1) is 8.29. The van der Waals surface area contributed by atoms with Crippen molar-refractivity contribution in [3.05, 3.63) is 29.8 Å². The van der Waals surface area contributed by atoms with Crippen LogP contribution in [0.3, 0.4) is 0 Å². The summed E-state index contributed by atoms with van der Waals surface area (Å²) < 4.78 is 10.4. The van der Waals surface area contributed by atoms with Gasteiger partial charge in [0.2, 0.25) is 0 Å². The third-order valence-electron chi connectivity index (χ3n) is 2.03. The van der Waals surface area contributed by atoms with Crippen molar-refractivity contribution in [3.8, 4) is 5.75 Å². The normalized spacial score (nSPS) is 10.9. The first kappa shape index (κ1) is 14.2. The van der Waals surface area contributed by atoms with Gasteiger partial charge in [-0.05, 0) is 39.8 Å². The quantitative estimate of drug-likeness (QED) is 0.609. The molecule has 0 aromatic heterocycles. The van der Waals surface area contributed by atoms with E-state index in [9.17, 15) is 9.59 Å². The van der Waals surface area contributed by atoms with Crippen molar-refractivity contribution in [2.24, 2.45) is 0 Å². The lowest BCUT2D eigenvalue weighted by Gasteiger charge is -2.19. The van der Waals surface area contributed by atoms with Crippen molar-refractivity contribution < 1.29 is 19.1 Å². The summed E-state index contributed by atoms with van der Waals surface area (Å²) in [6, 6.07) is 6.81. The predicted molar refractivity (Wildman–Crippen MR) is 67.8 cm³/mol. The third-order valence-corrected chi connectivity index (χ3v) is 2.03. The minimum Gasteiger partial charge on any atom is -0.481 e. The molecule has 4 heteroatoms. The van der Waals surface area contributed by atoms with Crippen LogP contribution in [0, 0.1) is 0 Å². The summed E-state index contributed by atoms with van der Waals surface area (Å²) in [5.74, 6) is -0.161. The second kappa shape index (κ2) is 5.67. The van der Waals surface area contributed by atoms with E-state index in [1.54, 1.807) is 45.0 Å². The molecule has 0 aliphatic rings. The van der Waals surface area contributed by atoms with Crippen LogP contribution >= 0.6 is 0 Å². The van der Waals surface area contributed by atoms with E-state index in [1.807, 2.05) is 0 Å². The van der Waals surface area contributed by atoms with Gasteiger partial charge in [-0.3, -0.25) is 4.79 Å². The molecule has 0 radical (unpaired) electrons. The predicted octanol–water partition coefficient (Wildman–Crippen LogP) is 2.61. The minimum absolute atomic E-state index is 0.102. The number of Topliss-reactive ketones (excluding diaryl/α,β-unsaturated/α-hetero) is 1. The maximum absolute atomic E-state index is 11.5. The Morgan fingerprint density at radius 3 is 2.33 bits per heavy atom. The topological polar surface area (TPSA) is 52.6 Å². The summed E-state index contributed by atoms with van der Waals surface area (Å²) in [7, 11) is 0. The van der Waals surface area contributed by atoms with Gasteiger partial charge in [-0.15, -0.1) is 0 Å². The molecular formula is C14H18O4. The van der Waals surface area contributed by atoms with Crippen LogP contribution in [0.4, 0.5) is 0 Å². The fourth-order valence-electron chi connectivity index (χ4n) is 1.39. The zero-order valence-electron chi connectivity index (χ0n) is 11.1. The number of esters is 1. The zero-order chi connectivity index (χ0) is 13.8. The summed E-state index contributed by atoms with van der Waals surface area (Å²) in [6.07, 6.45) is 0. The van der Waals surface area contributed by atoms with Crippen LogP contribution in [-0.2, 0) is 9.53 Å². The van der Waals surface area contributed by atoms with Gasteiger partial charge in [0.1, 0.15) is 11.4 Å². The number of benzene rings is 1. The van der Waals surface area contributed by atoms with Crippen molar-refractivity contribution in [2.45, 2.75) is 33.3 Å². The van der Waals surface area contributed by atoms with Crippen molar-refractivity contribution in [1.82, 2.24) is 0 Å². The van der Waals surface area contributed by atoms with Crippen molar-refractivity contribution >= 4 is 11.8 Å². The van der Waals surface area contributed by atoms with Crippen LogP contribution in [0.1, 0.15) is 38.1 Å². The average molecular weight is 250 g/mol. The van der Waals surface area contributed by atoms with E-state index in [2.05, 4.69) is 0 Å². The smallest absolute Gasteiger partial charge is 0.344 e. The van der Waals surface area contributed by atoms with Crippen LogP contribution < -0.4 is 4.74 Å². The standard InChI is InChI=1S/C14H18O4/c1-10(15)11-7-5-6-8-12(11)17-9-13(16)18-14(2,3)4/h5-8H,9H2,1-4H3. The maximum Gasteiger partial charge on any atom is 0.344 e. The molecule has 0 saturated carbocycles. The summed E-state index contributed by atoms with van der Waals surface area (Å²) in [4.78, 5) is 22.8. The third kappa shape index (κ3) is 4.57. The van der Waals surface area contributed by atoms with Crippen molar-refractivity contribution in [2.75, 3.05) is 6.61 Å². The average Bonchev–Trinajstić information content (AvgIpc) is 2.24. The highest BCUT2D eigenvalue weighted by Crippen LogP contribution is 2.18. The molecule has 0 saturated heterocycles. The van der Waals surface area contributed by atoms with Gasteiger partial charge in [0.15, 0.2) is 12.4 Å². The molecule has 0 atom stereocenters. The number of rotatable bonds is 4. The Hall–Kier alpha value is -1.84. The van der Waals surface area contributed by atoms with Crippen LogP contribution in [0.25, 0.3) is 0 Å². The molecule has 1 aromatic carbocycles. The van der Waals surface area contributed by atoms with Crippen LogP contribution in [0.5, 0.6) is 5.75 Å². The summed E-state index contributed by atoms with van der Waals surface area (Å²) in [6.45, 7) is 6.61. The Bertz CT molecular complexity index is 443. The molecule has 1 aromatic rings. The molecule has 0 spiro atoms. The molecule has 0 bridgehead atoms. The van der Waals surface area contributed by atoms with Gasteiger partial charge in [-0.2, -0.15) is 0 Å². The van der Waals surface area contributed by atoms with Gasteiger partial charge in [0.05, 0.1) is 5.56 Å². The van der Waals surface area contributed by atoms with E-state index in [0.717, 1.165) is 0 Å².